The van der Waals surface area contributed by atoms with Crippen LogP contribution in [-0.2, 0) is 4.79 Å². The topological polar surface area (TPSA) is 29.1 Å². The molecule has 1 atom stereocenters. The quantitative estimate of drug-likeness (QED) is 0.842. The predicted molar refractivity (Wildman–Crippen MR) is 77.1 cm³/mol. The van der Waals surface area contributed by atoms with E-state index in [4.69, 9.17) is 23.2 Å². The van der Waals surface area contributed by atoms with E-state index in [-0.39, 0.29) is 17.9 Å². The van der Waals surface area contributed by atoms with Gasteiger partial charge in [0.25, 0.3) is 0 Å². The van der Waals surface area contributed by atoms with Gasteiger partial charge < -0.3 is 5.32 Å². The van der Waals surface area contributed by atoms with Gasteiger partial charge in [-0.1, -0.05) is 43.1 Å². The van der Waals surface area contributed by atoms with Crippen LogP contribution < -0.4 is 5.32 Å². The van der Waals surface area contributed by atoms with Crippen molar-refractivity contribution in [3.05, 3.63) is 33.8 Å². The largest absolute Gasteiger partial charge is 0.349 e. The Kier molecular flexibility index (Phi) is 5.97. The van der Waals surface area contributed by atoms with Gasteiger partial charge in [-0.25, -0.2) is 0 Å². The van der Waals surface area contributed by atoms with Gasteiger partial charge in [-0.3, -0.25) is 4.79 Å². The SMILES string of the molecule is CCC(CC)C(=O)N[C@H](C)c1ccc(Cl)c(Cl)c1. The van der Waals surface area contributed by atoms with E-state index in [0.29, 0.717) is 10.0 Å². The van der Waals surface area contributed by atoms with Gasteiger partial charge in [0.05, 0.1) is 16.1 Å². The lowest BCUT2D eigenvalue weighted by Gasteiger charge is -2.19. The van der Waals surface area contributed by atoms with Crippen LogP contribution in [0.2, 0.25) is 10.0 Å². The zero-order valence-electron chi connectivity index (χ0n) is 11.0. The first-order valence-electron chi connectivity index (χ1n) is 6.24. The number of carbonyl (C=O) groups excluding carboxylic acids is 1. The fraction of sp³-hybridized carbons (Fsp3) is 0.500. The minimum Gasteiger partial charge on any atom is -0.349 e. The summed E-state index contributed by atoms with van der Waals surface area (Å²) in [5.41, 5.74) is 0.962. The van der Waals surface area contributed by atoms with Crippen molar-refractivity contribution in [2.75, 3.05) is 0 Å². The Morgan fingerprint density at radius 2 is 1.83 bits per heavy atom. The van der Waals surface area contributed by atoms with Crippen LogP contribution in [-0.4, -0.2) is 5.91 Å². The van der Waals surface area contributed by atoms with E-state index in [0.717, 1.165) is 18.4 Å². The molecule has 0 aromatic heterocycles. The summed E-state index contributed by atoms with van der Waals surface area (Å²) in [5.74, 6) is 0.175. The van der Waals surface area contributed by atoms with Crippen LogP contribution in [0.3, 0.4) is 0 Å². The molecule has 0 spiro atoms. The molecule has 0 saturated heterocycles. The molecular formula is C14H19Cl2NO. The Morgan fingerprint density at radius 1 is 1.22 bits per heavy atom. The summed E-state index contributed by atoms with van der Waals surface area (Å²) in [6.07, 6.45) is 1.72. The van der Waals surface area contributed by atoms with Gasteiger partial charge in [0.1, 0.15) is 0 Å². The highest BCUT2D eigenvalue weighted by atomic mass is 35.5. The maximum Gasteiger partial charge on any atom is 0.223 e. The normalized spacial score (nSPS) is 12.6. The Hall–Kier alpha value is -0.730. The Morgan fingerprint density at radius 3 is 2.33 bits per heavy atom. The molecule has 100 valence electrons. The molecule has 0 fully saturated rings. The number of rotatable bonds is 5. The van der Waals surface area contributed by atoms with Crippen molar-refractivity contribution >= 4 is 29.1 Å². The van der Waals surface area contributed by atoms with Crippen molar-refractivity contribution in [2.24, 2.45) is 5.92 Å². The monoisotopic (exact) mass is 287 g/mol. The van der Waals surface area contributed by atoms with E-state index in [1.54, 1.807) is 12.1 Å². The maximum absolute atomic E-state index is 12.0. The van der Waals surface area contributed by atoms with E-state index in [1.165, 1.54) is 0 Å². The lowest BCUT2D eigenvalue weighted by molar-refractivity contribution is -0.125. The highest BCUT2D eigenvalue weighted by Crippen LogP contribution is 2.25. The summed E-state index contributed by atoms with van der Waals surface area (Å²) in [7, 11) is 0. The molecule has 18 heavy (non-hydrogen) atoms. The van der Waals surface area contributed by atoms with Crippen LogP contribution in [0.15, 0.2) is 18.2 Å². The fourth-order valence-electron chi connectivity index (χ4n) is 1.86. The minimum absolute atomic E-state index is 0.0622. The summed E-state index contributed by atoms with van der Waals surface area (Å²) in [6, 6.07) is 5.36. The number of carbonyl (C=O) groups is 1. The first-order valence-corrected chi connectivity index (χ1v) is 7.00. The molecule has 2 nitrogen and oxygen atoms in total. The number of amides is 1. The van der Waals surface area contributed by atoms with Gasteiger partial charge in [0.15, 0.2) is 0 Å². The van der Waals surface area contributed by atoms with E-state index < -0.39 is 0 Å². The standard InChI is InChI=1S/C14H19Cl2NO/c1-4-10(5-2)14(18)17-9(3)11-6-7-12(15)13(16)8-11/h6-10H,4-5H2,1-3H3,(H,17,18)/t9-/m1/s1. The first-order chi connectivity index (χ1) is 8.49. The van der Waals surface area contributed by atoms with E-state index >= 15 is 0 Å². The van der Waals surface area contributed by atoms with Crippen molar-refractivity contribution < 1.29 is 4.79 Å². The van der Waals surface area contributed by atoms with Gasteiger partial charge in [-0.15, -0.1) is 0 Å². The van der Waals surface area contributed by atoms with E-state index in [1.807, 2.05) is 26.8 Å². The maximum atomic E-state index is 12.0. The molecule has 0 radical (unpaired) electrons. The molecule has 0 aliphatic rings. The van der Waals surface area contributed by atoms with E-state index in [2.05, 4.69) is 5.32 Å². The molecule has 0 bridgehead atoms. The van der Waals surface area contributed by atoms with Gasteiger partial charge >= 0.3 is 0 Å². The number of hydrogen-bond acceptors (Lipinski definition) is 1. The number of halogens is 2. The minimum atomic E-state index is -0.0622. The van der Waals surface area contributed by atoms with Gasteiger partial charge in [0.2, 0.25) is 5.91 Å². The number of hydrogen-bond donors (Lipinski definition) is 1. The van der Waals surface area contributed by atoms with Crippen molar-refractivity contribution in [1.29, 1.82) is 0 Å². The molecule has 0 unspecified atom stereocenters. The summed E-state index contributed by atoms with van der Waals surface area (Å²) in [4.78, 5) is 12.0. The number of benzene rings is 1. The molecule has 1 amide bonds. The van der Waals surface area contributed by atoms with Gasteiger partial charge in [-0.2, -0.15) is 0 Å². The second-order valence-corrected chi connectivity index (χ2v) is 5.23. The van der Waals surface area contributed by atoms with Crippen LogP contribution in [0.5, 0.6) is 0 Å². The molecule has 1 aromatic rings. The molecule has 1 N–H and O–H groups in total. The van der Waals surface area contributed by atoms with Crippen LogP contribution in [0.1, 0.15) is 45.2 Å². The number of nitrogens with one attached hydrogen (secondary N) is 1. The van der Waals surface area contributed by atoms with Crippen LogP contribution in [0.4, 0.5) is 0 Å². The average Bonchev–Trinajstić information content (AvgIpc) is 2.34. The molecule has 0 saturated carbocycles. The second kappa shape index (κ2) is 7.01. The zero-order chi connectivity index (χ0) is 13.7. The van der Waals surface area contributed by atoms with Crippen molar-refractivity contribution in [2.45, 2.75) is 39.7 Å². The van der Waals surface area contributed by atoms with Gasteiger partial charge in [0, 0.05) is 5.92 Å². The van der Waals surface area contributed by atoms with Crippen LogP contribution >= 0.6 is 23.2 Å². The fourth-order valence-corrected chi connectivity index (χ4v) is 2.16. The Labute approximate surface area is 119 Å². The van der Waals surface area contributed by atoms with Crippen LogP contribution in [0.25, 0.3) is 0 Å². The molecule has 1 rings (SSSR count). The first kappa shape index (κ1) is 15.3. The van der Waals surface area contributed by atoms with Crippen LogP contribution in [0, 0.1) is 5.92 Å². The zero-order valence-corrected chi connectivity index (χ0v) is 12.5. The summed E-state index contributed by atoms with van der Waals surface area (Å²) in [5, 5.41) is 4.04. The summed E-state index contributed by atoms with van der Waals surface area (Å²) >= 11 is 11.8. The summed E-state index contributed by atoms with van der Waals surface area (Å²) in [6.45, 7) is 6.00. The highest BCUT2D eigenvalue weighted by Gasteiger charge is 2.17. The van der Waals surface area contributed by atoms with Crippen molar-refractivity contribution in [3.8, 4) is 0 Å². The van der Waals surface area contributed by atoms with Crippen molar-refractivity contribution in [1.82, 2.24) is 5.32 Å². The van der Waals surface area contributed by atoms with E-state index in [9.17, 15) is 4.79 Å². The predicted octanol–water partition coefficient (Wildman–Crippen LogP) is 4.61. The molecule has 0 aliphatic heterocycles. The van der Waals surface area contributed by atoms with Crippen molar-refractivity contribution in [3.63, 3.8) is 0 Å². The highest BCUT2D eigenvalue weighted by molar-refractivity contribution is 6.42. The second-order valence-electron chi connectivity index (χ2n) is 4.42. The van der Waals surface area contributed by atoms with Gasteiger partial charge in [-0.05, 0) is 37.5 Å². The summed E-state index contributed by atoms with van der Waals surface area (Å²) < 4.78 is 0. The molecule has 1 aromatic carbocycles. The molecule has 4 heteroatoms. The molecule has 0 heterocycles. The average molecular weight is 288 g/mol. The molecular weight excluding hydrogens is 269 g/mol. The lowest BCUT2D eigenvalue weighted by atomic mass is 10.0. The third kappa shape index (κ3) is 3.89. The lowest BCUT2D eigenvalue weighted by Crippen LogP contribution is -2.32. The Bertz CT molecular complexity index is 416. The third-order valence-electron chi connectivity index (χ3n) is 3.16. The smallest absolute Gasteiger partial charge is 0.223 e. The molecule has 0 aliphatic carbocycles. The third-order valence-corrected chi connectivity index (χ3v) is 3.90. The Balaban J connectivity index is 2.73.